The standard InChI is InChI=1S/C20H28N4OS/c1-15-19(16(2)25-23-15)9-11-22-20(21-3)24-12-10-17(13-24)14-26-18-7-5-4-6-8-18/h4-8,17H,9-14H2,1-3H3,(H,21,22). The zero-order valence-electron chi connectivity index (χ0n) is 15.9. The number of benzene rings is 1. The van der Waals surface area contributed by atoms with E-state index >= 15 is 0 Å². The Bertz CT molecular complexity index is 709. The summed E-state index contributed by atoms with van der Waals surface area (Å²) in [6.45, 7) is 6.96. The zero-order chi connectivity index (χ0) is 18.4. The van der Waals surface area contributed by atoms with E-state index in [2.05, 4.69) is 50.7 Å². The van der Waals surface area contributed by atoms with Crippen molar-refractivity contribution in [1.29, 1.82) is 0 Å². The van der Waals surface area contributed by atoms with Gasteiger partial charge < -0.3 is 14.7 Å². The summed E-state index contributed by atoms with van der Waals surface area (Å²) in [6.07, 6.45) is 2.13. The Labute approximate surface area is 160 Å². The molecule has 5 nitrogen and oxygen atoms in total. The Balaban J connectivity index is 1.44. The van der Waals surface area contributed by atoms with E-state index in [0.29, 0.717) is 5.92 Å². The van der Waals surface area contributed by atoms with Gasteiger partial charge in [0.25, 0.3) is 0 Å². The first kappa shape index (κ1) is 18.8. The predicted molar refractivity (Wildman–Crippen MR) is 108 cm³/mol. The molecule has 0 radical (unpaired) electrons. The average molecular weight is 373 g/mol. The van der Waals surface area contributed by atoms with E-state index in [9.17, 15) is 0 Å². The van der Waals surface area contributed by atoms with E-state index in [0.717, 1.165) is 49.2 Å². The molecule has 1 unspecified atom stereocenters. The molecule has 0 saturated carbocycles. The third-order valence-corrected chi connectivity index (χ3v) is 6.11. The Hall–Kier alpha value is -1.95. The Morgan fingerprint density at radius 3 is 2.85 bits per heavy atom. The lowest BCUT2D eigenvalue weighted by atomic mass is 10.1. The topological polar surface area (TPSA) is 53.7 Å². The molecule has 0 bridgehead atoms. The lowest BCUT2D eigenvalue weighted by Crippen LogP contribution is -2.41. The fourth-order valence-corrected chi connectivity index (χ4v) is 4.43. The second kappa shape index (κ2) is 9.12. The molecule has 2 aromatic rings. The van der Waals surface area contributed by atoms with Crippen molar-refractivity contribution in [3.63, 3.8) is 0 Å². The van der Waals surface area contributed by atoms with Crippen molar-refractivity contribution in [3.05, 3.63) is 47.3 Å². The molecule has 1 aromatic carbocycles. The molecule has 140 valence electrons. The highest BCUT2D eigenvalue weighted by Crippen LogP contribution is 2.25. The number of aliphatic imine (C=N–C) groups is 1. The molecule has 6 heteroatoms. The van der Waals surface area contributed by atoms with Crippen LogP contribution in [0.5, 0.6) is 0 Å². The molecule has 1 aliphatic rings. The summed E-state index contributed by atoms with van der Waals surface area (Å²) in [6, 6.07) is 10.7. The van der Waals surface area contributed by atoms with E-state index in [1.807, 2.05) is 32.7 Å². The van der Waals surface area contributed by atoms with Crippen LogP contribution in [-0.2, 0) is 6.42 Å². The number of rotatable bonds is 6. The Morgan fingerprint density at radius 1 is 1.35 bits per heavy atom. The predicted octanol–water partition coefficient (Wildman–Crippen LogP) is 3.52. The number of guanidine groups is 1. The van der Waals surface area contributed by atoms with E-state index in [4.69, 9.17) is 4.52 Å². The third kappa shape index (κ3) is 4.81. The van der Waals surface area contributed by atoms with Gasteiger partial charge in [-0.2, -0.15) is 0 Å². The lowest BCUT2D eigenvalue weighted by Gasteiger charge is -2.21. The monoisotopic (exact) mass is 372 g/mol. The van der Waals surface area contributed by atoms with E-state index < -0.39 is 0 Å². The molecule has 1 atom stereocenters. The van der Waals surface area contributed by atoms with Crippen LogP contribution in [0.4, 0.5) is 0 Å². The fraction of sp³-hybridized carbons (Fsp3) is 0.500. The average Bonchev–Trinajstić information content (AvgIpc) is 3.26. The number of aromatic nitrogens is 1. The smallest absolute Gasteiger partial charge is 0.193 e. The van der Waals surface area contributed by atoms with E-state index in [1.54, 1.807) is 0 Å². The van der Waals surface area contributed by atoms with Crippen molar-refractivity contribution in [2.75, 3.05) is 32.4 Å². The summed E-state index contributed by atoms with van der Waals surface area (Å²) >= 11 is 1.95. The first-order valence-corrected chi connectivity index (χ1v) is 10.2. The minimum Gasteiger partial charge on any atom is -0.361 e. The van der Waals surface area contributed by atoms with Crippen LogP contribution < -0.4 is 5.32 Å². The highest BCUT2D eigenvalue weighted by atomic mass is 32.2. The van der Waals surface area contributed by atoms with Crippen molar-refractivity contribution < 1.29 is 4.52 Å². The second-order valence-electron chi connectivity index (χ2n) is 6.75. The normalized spacial score (nSPS) is 17.7. The molecule has 0 amide bonds. The number of aryl methyl sites for hydroxylation is 2. The van der Waals surface area contributed by atoms with Crippen LogP contribution in [0.3, 0.4) is 0 Å². The highest BCUT2D eigenvalue weighted by Gasteiger charge is 2.24. The molecule has 1 aromatic heterocycles. The summed E-state index contributed by atoms with van der Waals surface area (Å²) < 4.78 is 5.24. The lowest BCUT2D eigenvalue weighted by molar-refractivity contribution is 0.392. The van der Waals surface area contributed by atoms with Gasteiger partial charge in [-0.3, -0.25) is 4.99 Å². The number of likely N-dealkylation sites (tertiary alicyclic amines) is 1. The third-order valence-electron chi connectivity index (χ3n) is 4.87. The maximum absolute atomic E-state index is 5.24. The number of nitrogens with zero attached hydrogens (tertiary/aromatic N) is 3. The highest BCUT2D eigenvalue weighted by molar-refractivity contribution is 7.99. The molecule has 26 heavy (non-hydrogen) atoms. The number of nitrogens with one attached hydrogen (secondary N) is 1. The summed E-state index contributed by atoms with van der Waals surface area (Å²) in [7, 11) is 1.87. The van der Waals surface area contributed by atoms with Gasteiger partial charge in [-0.15, -0.1) is 11.8 Å². The van der Waals surface area contributed by atoms with Crippen molar-refractivity contribution in [2.24, 2.45) is 10.9 Å². The van der Waals surface area contributed by atoms with Crippen LogP contribution in [0.15, 0.2) is 44.7 Å². The van der Waals surface area contributed by atoms with Crippen LogP contribution in [0, 0.1) is 19.8 Å². The van der Waals surface area contributed by atoms with Gasteiger partial charge in [-0.25, -0.2) is 0 Å². The van der Waals surface area contributed by atoms with Crippen LogP contribution in [-0.4, -0.2) is 48.5 Å². The molecular weight excluding hydrogens is 344 g/mol. The van der Waals surface area contributed by atoms with E-state index in [-0.39, 0.29) is 0 Å². The van der Waals surface area contributed by atoms with Gasteiger partial charge in [0.05, 0.1) is 5.69 Å². The minimum absolute atomic E-state index is 0.710. The van der Waals surface area contributed by atoms with Gasteiger partial charge in [0, 0.05) is 42.9 Å². The van der Waals surface area contributed by atoms with Crippen molar-refractivity contribution >= 4 is 17.7 Å². The molecule has 1 fully saturated rings. The maximum Gasteiger partial charge on any atom is 0.193 e. The van der Waals surface area contributed by atoms with Gasteiger partial charge in [0.15, 0.2) is 5.96 Å². The SMILES string of the molecule is CN=C(NCCc1c(C)noc1C)N1CCC(CSc2ccccc2)C1. The van der Waals surface area contributed by atoms with Gasteiger partial charge >= 0.3 is 0 Å². The number of hydrogen-bond acceptors (Lipinski definition) is 4. The number of thioether (sulfide) groups is 1. The van der Waals surface area contributed by atoms with Crippen LogP contribution in [0.1, 0.15) is 23.4 Å². The minimum atomic E-state index is 0.710. The fourth-order valence-electron chi connectivity index (χ4n) is 3.38. The molecule has 1 N–H and O–H groups in total. The molecule has 3 rings (SSSR count). The maximum atomic E-state index is 5.24. The quantitative estimate of drug-likeness (QED) is 0.478. The van der Waals surface area contributed by atoms with Gasteiger partial charge in [-0.1, -0.05) is 23.4 Å². The molecule has 0 aliphatic carbocycles. The molecule has 2 heterocycles. The summed E-state index contributed by atoms with van der Waals surface area (Å²) in [5.74, 6) is 3.79. The first-order chi connectivity index (χ1) is 12.7. The summed E-state index contributed by atoms with van der Waals surface area (Å²) in [4.78, 5) is 8.21. The zero-order valence-corrected chi connectivity index (χ0v) is 16.7. The van der Waals surface area contributed by atoms with Crippen molar-refractivity contribution in [2.45, 2.75) is 31.6 Å². The molecule has 1 aliphatic heterocycles. The van der Waals surface area contributed by atoms with Gasteiger partial charge in [-0.05, 0) is 44.7 Å². The molecular formula is C20H28N4OS. The van der Waals surface area contributed by atoms with Crippen molar-refractivity contribution in [1.82, 2.24) is 15.4 Å². The Kier molecular flexibility index (Phi) is 6.61. The van der Waals surface area contributed by atoms with Crippen molar-refractivity contribution in [3.8, 4) is 0 Å². The summed E-state index contributed by atoms with van der Waals surface area (Å²) in [5.41, 5.74) is 2.19. The van der Waals surface area contributed by atoms with Gasteiger partial charge in [0.2, 0.25) is 0 Å². The van der Waals surface area contributed by atoms with Crippen LogP contribution in [0.2, 0.25) is 0 Å². The van der Waals surface area contributed by atoms with Crippen LogP contribution >= 0.6 is 11.8 Å². The molecule has 0 spiro atoms. The summed E-state index contributed by atoms with van der Waals surface area (Å²) in [5, 5.41) is 7.52. The molecule has 1 saturated heterocycles. The number of hydrogen-bond donors (Lipinski definition) is 1. The van der Waals surface area contributed by atoms with Gasteiger partial charge in [0.1, 0.15) is 5.76 Å². The van der Waals surface area contributed by atoms with E-state index in [1.165, 1.54) is 16.9 Å². The largest absolute Gasteiger partial charge is 0.361 e. The Morgan fingerprint density at radius 2 is 2.15 bits per heavy atom. The van der Waals surface area contributed by atoms with Crippen LogP contribution in [0.25, 0.3) is 0 Å². The second-order valence-corrected chi connectivity index (χ2v) is 7.84. The first-order valence-electron chi connectivity index (χ1n) is 9.22.